The molecule has 1 aromatic rings. The lowest BCUT2D eigenvalue weighted by molar-refractivity contribution is -0.143. The minimum Gasteiger partial charge on any atom is -0.454 e. The Morgan fingerprint density at radius 1 is 1.47 bits per heavy atom. The molecule has 0 aromatic heterocycles. The normalized spacial score (nSPS) is 20.8. The summed E-state index contributed by atoms with van der Waals surface area (Å²) in [5.41, 5.74) is 0.101. The van der Waals surface area contributed by atoms with Gasteiger partial charge in [-0.15, -0.1) is 11.8 Å². The fourth-order valence-electron chi connectivity index (χ4n) is 1.45. The van der Waals surface area contributed by atoms with E-state index >= 15 is 0 Å². The number of cyclic esters (lactones) is 1. The number of ether oxygens (including phenoxy) is 2. The second-order valence-electron chi connectivity index (χ2n) is 3.65. The summed E-state index contributed by atoms with van der Waals surface area (Å²) in [6.07, 6.45) is -0.445. The number of hydrogen-bond donors (Lipinski definition) is 0. The van der Waals surface area contributed by atoms with Gasteiger partial charge in [-0.1, -0.05) is 18.2 Å². The Bertz CT molecular complexity index is 418. The molecular weight excluding hydrogens is 240 g/mol. The van der Waals surface area contributed by atoms with Gasteiger partial charge in [0.05, 0.1) is 11.3 Å². The number of thioether (sulfide) groups is 1. The summed E-state index contributed by atoms with van der Waals surface area (Å²) >= 11 is 1.35. The van der Waals surface area contributed by atoms with Crippen LogP contribution in [0.25, 0.3) is 0 Å². The summed E-state index contributed by atoms with van der Waals surface area (Å²) in [5.74, 6) is -0.345. The molecule has 0 N–H and O–H groups in total. The van der Waals surface area contributed by atoms with Crippen LogP contribution in [0.2, 0.25) is 0 Å². The molecule has 17 heavy (non-hydrogen) atoms. The highest BCUT2D eigenvalue weighted by Crippen LogP contribution is 2.25. The average Bonchev–Trinajstić information content (AvgIpc) is 2.77. The molecule has 0 spiro atoms. The zero-order valence-electron chi connectivity index (χ0n) is 9.29. The molecule has 0 amide bonds. The topological polar surface area (TPSA) is 52.6 Å². The highest BCUT2D eigenvalue weighted by atomic mass is 32.2. The van der Waals surface area contributed by atoms with Crippen LogP contribution in [0, 0.1) is 0 Å². The van der Waals surface area contributed by atoms with Crippen molar-refractivity contribution in [2.45, 2.75) is 18.5 Å². The monoisotopic (exact) mass is 252 g/mol. The van der Waals surface area contributed by atoms with Crippen LogP contribution >= 0.6 is 11.8 Å². The van der Waals surface area contributed by atoms with Crippen molar-refractivity contribution in [1.29, 1.82) is 0 Å². The molecule has 1 aliphatic rings. The average molecular weight is 252 g/mol. The molecule has 0 bridgehead atoms. The molecule has 2 atom stereocenters. The number of carbonyl (C=O) groups is 2. The van der Waals surface area contributed by atoms with Crippen molar-refractivity contribution in [3.63, 3.8) is 0 Å². The minimum atomic E-state index is -0.445. The van der Waals surface area contributed by atoms with Crippen LogP contribution in [-0.2, 0) is 14.3 Å². The second-order valence-corrected chi connectivity index (χ2v) is 4.73. The van der Waals surface area contributed by atoms with E-state index in [1.54, 1.807) is 31.2 Å². The van der Waals surface area contributed by atoms with Gasteiger partial charge in [-0.2, -0.15) is 0 Å². The number of benzene rings is 1. The Morgan fingerprint density at radius 2 is 2.18 bits per heavy atom. The van der Waals surface area contributed by atoms with Gasteiger partial charge < -0.3 is 9.47 Å². The molecule has 0 radical (unpaired) electrons. The van der Waals surface area contributed by atoms with E-state index in [9.17, 15) is 9.59 Å². The van der Waals surface area contributed by atoms with Crippen molar-refractivity contribution < 1.29 is 19.1 Å². The van der Waals surface area contributed by atoms with E-state index in [0.717, 1.165) is 0 Å². The summed E-state index contributed by atoms with van der Waals surface area (Å²) in [4.78, 5) is 22.7. The van der Waals surface area contributed by atoms with Crippen molar-refractivity contribution in [2.24, 2.45) is 0 Å². The number of esters is 2. The zero-order valence-corrected chi connectivity index (χ0v) is 10.1. The molecule has 90 valence electrons. The molecular formula is C12H12O4S. The van der Waals surface area contributed by atoms with Gasteiger partial charge in [0.1, 0.15) is 6.10 Å². The maximum Gasteiger partial charge on any atom is 0.338 e. The molecule has 0 saturated carbocycles. The fraction of sp³-hybridized carbons (Fsp3) is 0.333. The van der Waals surface area contributed by atoms with Crippen molar-refractivity contribution >= 4 is 23.7 Å². The van der Waals surface area contributed by atoms with Gasteiger partial charge in [-0.25, -0.2) is 4.79 Å². The summed E-state index contributed by atoms with van der Waals surface area (Å²) in [6.45, 7) is 1.72. The van der Waals surface area contributed by atoms with Crippen LogP contribution in [0.1, 0.15) is 17.3 Å². The second kappa shape index (κ2) is 5.23. The largest absolute Gasteiger partial charge is 0.454 e. The Hall–Kier alpha value is -1.49. The van der Waals surface area contributed by atoms with Crippen LogP contribution in [0.15, 0.2) is 30.3 Å². The van der Waals surface area contributed by atoms with Crippen molar-refractivity contribution in [1.82, 2.24) is 0 Å². The van der Waals surface area contributed by atoms with Crippen LogP contribution in [0.5, 0.6) is 0 Å². The summed E-state index contributed by atoms with van der Waals surface area (Å²) in [5, 5.41) is 0. The molecule has 1 unspecified atom stereocenters. The van der Waals surface area contributed by atoms with Crippen molar-refractivity contribution in [3.05, 3.63) is 35.9 Å². The molecule has 2 rings (SSSR count). The predicted molar refractivity (Wildman–Crippen MR) is 63.7 cm³/mol. The van der Waals surface area contributed by atoms with E-state index in [4.69, 9.17) is 9.47 Å². The summed E-state index contributed by atoms with van der Waals surface area (Å²) in [7, 11) is 0. The van der Waals surface area contributed by atoms with Crippen LogP contribution in [0.4, 0.5) is 0 Å². The lowest BCUT2D eigenvalue weighted by atomic mass is 10.2. The van der Waals surface area contributed by atoms with Crippen LogP contribution in [0.3, 0.4) is 0 Å². The molecule has 1 heterocycles. The maximum absolute atomic E-state index is 11.7. The van der Waals surface area contributed by atoms with Gasteiger partial charge in [0.25, 0.3) is 0 Å². The van der Waals surface area contributed by atoms with E-state index in [-0.39, 0.29) is 5.97 Å². The SMILES string of the molecule is C[C@H](OC(=O)c1ccccc1)C1OC(=O)CS1. The minimum absolute atomic E-state index is 0.261. The van der Waals surface area contributed by atoms with E-state index in [2.05, 4.69) is 0 Å². The molecule has 1 aliphatic heterocycles. The van der Waals surface area contributed by atoms with Crippen molar-refractivity contribution in [3.8, 4) is 0 Å². The molecule has 0 aliphatic carbocycles. The van der Waals surface area contributed by atoms with E-state index < -0.39 is 17.5 Å². The van der Waals surface area contributed by atoms with Gasteiger partial charge >= 0.3 is 11.9 Å². The maximum atomic E-state index is 11.7. The van der Waals surface area contributed by atoms with E-state index in [0.29, 0.717) is 11.3 Å². The molecule has 5 heteroatoms. The third kappa shape index (κ3) is 3.00. The Morgan fingerprint density at radius 3 is 2.76 bits per heavy atom. The quantitative estimate of drug-likeness (QED) is 0.768. The zero-order chi connectivity index (χ0) is 12.3. The summed E-state index contributed by atoms with van der Waals surface area (Å²) < 4.78 is 10.2. The number of rotatable bonds is 3. The highest BCUT2D eigenvalue weighted by Gasteiger charge is 2.31. The highest BCUT2D eigenvalue weighted by molar-refractivity contribution is 8.00. The first-order valence-electron chi connectivity index (χ1n) is 5.24. The van der Waals surface area contributed by atoms with Crippen LogP contribution in [-0.4, -0.2) is 29.2 Å². The summed E-state index contributed by atoms with van der Waals surface area (Å²) in [6, 6.07) is 8.73. The first-order chi connectivity index (χ1) is 8.16. The fourth-order valence-corrected chi connectivity index (χ4v) is 2.32. The Kier molecular flexibility index (Phi) is 3.68. The Balaban J connectivity index is 1.93. The molecule has 1 aromatic carbocycles. The molecule has 1 saturated heterocycles. The third-order valence-corrected chi connectivity index (χ3v) is 3.51. The number of hydrogen-bond acceptors (Lipinski definition) is 5. The number of carbonyl (C=O) groups excluding carboxylic acids is 2. The van der Waals surface area contributed by atoms with Gasteiger partial charge in [0.15, 0.2) is 5.44 Å². The lowest BCUT2D eigenvalue weighted by Gasteiger charge is -2.17. The standard InChI is InChI=1S/C12H12O4S/c1-8(12-16-10(13)7-17-12)15-11(14)9-5-3-2-4-6-9/h2-6,8,12H,7H2,1H3/t8-,12?/m0/s1. The van der Waals surface area contributed by atoms with Gasteiger partial charge in [-0.3, -0.25) is 4.79 Å². The van der Waals surface area contributed by atoms with Gasteiger partial charge in [0, 0.05) is 0 Å². The van der Waals surface area contributed by atoms with Gasteiger partial charge in [-0.05, 0) is 19.1 Å². The lowest BCUT2D eigenvalue weighted by Crippen LogP contribution is -2.26. The van der Waals surface area contributed by atoms with E-state index in [1.165, 1.54) is 11.8 Å². The third-order valence-electron chi connectivity index (χ3n) is 2.30. The Labute approximate surface area is 103 Å². The molecule has 1 fully saturated rings. The van der Waals surface area contributed by atoms with Gasteiger partial charge in [0.2, 0.25) is 0 Å². The molecule has 4 nitrogen and oxygen atoms in total. The smallest absolute Gasteiger partial charge is 0.338 e. The predicted octanol–water partition coefficient (Wildman–Crippen LogP) is 1.85. The van der Waals surface area contributed by atoms with Crippen LogP contribution < -0.4 is 0 Å². The van der Waals surface area contributed by atoms with Crippen molar-refractivity contribution in [2.75, 3.05) is 5.75 Å². The van der Waals surface area contributed by atoms with E-state index in [1.807, 2.05) is 6.07 Å². The first-order valence-corrected chi connectivity index (χ1v) is 6.29. The first kappa shape index (κ1) is 12.0.